The molecule has 1 aromatic carbocycles. The van der Waals surface area contributed by atoms with E-state index in [2.05, 4.69) is 69.9 Å². The molecular weight excluding hydrogens is 290 g/mol. The summed E-state index contributed by atoms with van der Waals surface area (Å²) >= 11 is 0. The van der Waals surface area contributed by atoms with Gasteiger partial charge >= 0.3 is 0 Å². The van der Waals surface area contributed by atoms with Gasteiger partial charge in [0.2, 0.25) is 0 Å². The third-order valence-corrected chi connectivity index (χ3v) is 5.42. The number of benzene rings is 1. The van der Waals surface area contributed by atoms with Crippen LogP contribution in [0.15, 0.2) is 30.3 Å². The van der Waals surface area contributed by atoms with Gasteiger partial charge in [-0.15, -0.1) is 0 Å². The quantitative estimate of drug-likeness (QED) is 0.557. The van der Waals surface area contributed by atoms with Gasteiger partial charge in [-0.1, -0.05) is 85.2 Å². The van der Waals surface area contributed by atoms with Crippen LogP contribution >= 0.6 is 0 Å². The summed E-state index contributed by atoms with van der Waals surface area (Å²) in [4.78, 5) is 2.70. The Kier molecular flexibility index (Phi) is 8.50. The van der Waals surface area contributed by atoms with Crippen LogP contribution in [-0.4, -0.2) is 24.5 Å². The van der Waals surface area contributed by atoms with Crippen molar-refractivity contribution in [1.29, 1.82) is 0 Å². The van der Waals surface area contributed by atoms with E-state index in [1.165, 1.54) is 50.9 Å². The highest BCUT2D eigenvalue weighted by atomic mass is 15.1. The minimum Gasteiger partial charge on any atom is -0.303 e. The zero-order valence-electron chi connectivity index (χ0n) is 17.4. The molecule has 0 amide bonds. The zero-order chi connectivity index (χ0) is 18.2. The van der Waals surface area contributed by atoms with Gasteiger partial charge < -0.3 is 4.90 Å². The number of rotatable bonds is 6. The second-order valence-electron chi connectivity index (χ2n) is 8.82. The lowest BCUT2D eigenvalue weighted by atomic mass is 9.73. The van der Waals surface area contributed by atoms with Gasteiger partial charge in [-0.05, 0) is 54.7 Å². The second kappa shape index (κ2) is 9.61. The maximum atomic E-state index is 2.70. The average Bonchev–Trinajstić information content (AvgIpc) is 2.57. The van der Waals surface area contributed by atoms with Gasteiger partial charge in [0.1, 0.15) is 0 Å². The molecule has 0 aliphatic carbocycles. The van der Waals surface area contributed by atoms with E-state index in [9.17, 15) is 0 Å². The van der Waals surface area contributed by atoms with Gasteiger partial charge in [-0.3, -0.25) is 0 Å². The lowest BCUT2D eigenvalue weighted by molar-refractivity contribution is 0.102. The van der Waals surface area contributed by atoms with Crippen LogP contribution in [0.2, 0.25) is 0 Å². The Labute approximate surface area is 151 Å². The van der Waals surface area contributed by atoms with Gasteiger partial charge in [-0.2, -0.15) is 0 Å². The van der Waals surface area contributed by atoms with E-state index >= 15 is 0 Å². The summed E-state index contributed by atoms with van der Waals surface area (Å²) < 4.78 is 0. The number of piperidine rings is 1. The van der Waals surface area contributed by atoms with Crippen LogP contribution in [0.3, 0.4) is 0 Å². The first-order valence-corrected chi connectivity index (χ1v) is 10.1. The van der Waals surface area contributed by atoms with E-state index in [1.54, 1.807) is 0 Å². The van der Waals surface area contributed by atoms with Crippen molar-refractivity contribution in [2.45, 2.75) is 80.1 Å². The summed E-state index contributed by atoms with van der Waals surface area (Å²) in [5.41, 5.74) is 2.42. The van der Waals surface area contributed by atoms with Crippen molar-refractivity contribution < 1.29 is 0 Å². The molecule has 0 aromatic heterocycles. The molecule has 1 aromatic rings. The highest BCUT2D eigenvalue weighted by Crippen LogP contribution is 2.37. The fraction of sp³-hybridized carbons (Fsp3) is 0.739. The summed E-state index contributed by atoms with van der Waals surface area (Å²) in [5.74, 6) is 0.771. The van der Waals surface area contributed by atoms with Crippen LogP contribution in [0.25, 0.3) is 0 Å². The largest absolute Gasteiger partial charge is 0.303 e. The predicted octanol–water partition coefficient (Wildman–Crippen LogP) is 6.74. The molecule has 0 N–H and O–H groups in total. The minimum absolute atomic E-state index is 0.416. The van der Waals surface area contributed by atoms with Gasteiger partial charge in [0.05, 0.1) is 0 Å². The van der Waals surface area contributed by atoms with Crippen LogP contribution in [0, 0.1) is 10.8 Å². The SMILES string of the molecule is CC.CCC(C)(C)CC(C)(C)CN1CCC(c2ccccc2)CC1. The minimum atomic E-state index is 0.416. The van der Waals surface area contributed by atoms with Crippen LogP contribution in [0.1, 0.15) is 85.6 Å². The zero-order valence-corrected chi connectivity index (χ0v) is 17.4. The van der Waals surface area contributed by atoms with E-state index in [-0.39, 0.29) is 0 Å². The van der Waals surface area contributed by atoms with Crippen molar-refractivity contribution in [3.8, 4) is 0 Å². The topological polar surface area (TPSA) is 3.24 Å². The molecule has 1 aliphatic heterocycles. The Morgan fingerprint density at radius 3 is 1.96 bits per heavy atom. The summed E-state index contributed by atoms with van der Waals surface area (Å²) in [6, 6.07) is 11.1. The molecule has 0 atom stereocenters. The summed E-state index contributed by atoms with van der Waals surface area (Å²) in [7, 11) is 0. The molecule has 0 radical (unpaired) electrons. The Balaban J connectivity index is 0.00000139. The summed E-state index contributed by atoms with van der Waals surface area (Å²) in [5, 5.41) is 0. The van der Waals surface area contributed by atoms with E-state index in [0.29, 0.717) is 10.8 Å². The Morgan fingerprint density at radius 2 is 1.46 bits per heavy atom. The van der Waals surface area contributed by atoms with E-state index in [1.807, 2.05) is 13.8 Å². The van der Waals surface area contributed by atoms with Gasteiger partial charge in [0.15, 0.2) is 0 Å². The second-order valence-corrected chi connectivity index (χ2v) is 8.82. The molecule has 0 unspecified atom stereocenters. The molecule has 1 nitrogen and oxygen atoms in total. The molecule has 0 bridgehead atoms. The molecular formula is C23H41N. The molecule has 2 rings (SSSR count). The molecule has 1 saturated heterocycles. The predicted molar refractivity (Wildman–Crippen MR) is 109 cm³/mol. The summed E-state index contributed by atoms with van der Waals surface area (Å²) in [6.45, 7) is 19.8. The van der Waals surface area contributed by atoms with E-state index < -0.39 is 0 Å². The third-order valence-electron chi connectivity index (χ3n) is 5.42. The summed E-state index contributed by atoms with van der Waals surface area (Å²) in [6.07, 6.45) is 5.22. The average molecular weight is 332 g/mol. The smallest absolute Gasteiger partial charge is 0.00329 e. The van der Waals surface area contributed by atoms with E-state index in [0.717, 1.165) is 5.92 Å². The molecule has 1 fully saturated rings. The first kappa shape index (κ1) is 21.2. The first-order valence-electron chi connectivity index (χ1n) is 10.1. The van der Waals surface area contributed by atoms with E-state index in [4.69, 9.17) is 0 Å². The van der Waals surface area contributed by atoms with Crippen molar-refractivity contribution in [3.05, 3.63) is 35.9 Å². The van der Waals surface area contributed by atoms with Crippen molar-refractivity contribution in [1.82, 2.24) is 4.90 Å². The molecule has 0 spiro atoms. The van der Waals surface area contributed by atoms with Crippen molar-refractivity contribution in [2.24, 2.45) is 10.8 Å². The number of hydrogen-bond acceptors (Lipinski definition) is 1. The number of likely N-dealkylation sites (tertiary alicyclic amines) is 1. The lowest BCUT2D eigenvalue weighted by Crippen LogP contribution is -2.41. The Hall–Kier alpha value is -0.820. The first-order chi connectivity index (χ1) is 11.3. The normalized spacial score (nSPS) is 17.3. The molecule has 138 valence electrons. The van der Waals surface area contributed by atoms with Gasteiger partial charge in [0, 0.05) is 6.54 Å². The monoisotopic (exact) mass is 331 g/mol. The molecule has 1 heteroatoms. The fourth-order valence-corrected chi connectivity index (χ4v) is 4.23. The standard InChI is InChI=1S/C21H35N.C2H6/c1-6-20(2,3)16-21(4,5)17-22-14-12-19(13-15-22)18-10-8-7-9-11-18;1-2/h7-11,19H,6,12-17H2,1-5H3;1-2H3. The number of nitrogens with zero attached hydrogens (tertiary/aromatic N) is 1. The van der Waals surface area contributed by atoms with Crippen LogP contribution in [0.5, 0.6) is 0 Å². The van der Waals surface area contributed by atoms with Gasteiger partial charge in [0.25, 0.3) is 0 Å². The molecule has 0 saturated carbocycles. The van der Waals surface area contributed by atoms with Crippen molar-refractivity contribution >= 4 is 0 Å². The fourth-order valence-electron chi connectivity index (χ4n) is 4.23. The highest BCUT2D eigenvalue weighted by Gasteiger charge is 2.30. The molecule has 1 aliphatic rings. The highest BCUT2D eigenvalue weighted by molar-refractivity contribution is 5.20. The van der Waals surface area contributed by atoms with Gasteiger partial charge in [-0.25, -0.2) is 0 Å². The van der Waals surface area contributed by atoms with Crippen LogP contribution in [-0.2, 0) is 0 Å². The maximum Gasteiger partial charge on any atom is 0.00329 e. The molecule has 1 heterocycles. The van der Waals surface area contributed by atoms with Crippen LogP contribution < -0.4 is 0 Å². The number of hydrogen-bond donors (Lipinski definition) is 0. The Morgan fingerprint density at radius 1 is 0.917 bits per heavy atom. The third kappa shape index (κ3) is 6.97. The Bertz CT molecular complexity index is 438. The van der Waals surface area contributed by atoms with Crippen molar-refractivity contribution in [3.63, 3.8) is 0 Å². The maximum absolute atomic E-state index is 2.70. The molecule has 24 heavy (non-hydrogen) atoms. The lowest BCUT2D eigenvalue weighted by Gasteiger charge is -2.40. The van der Waals surface area contributed by atoms with Crippen molar-refractivity contribution in [2.75, 3.05) is 19.6 Å². The van der Waals surface area contributed by atoms with Crippen LogP contribution in [0.4, 0.5) is 0 Å².